The number of aromatic nitrogens is 3. The van der Waals surface area contributed by atoms with Crippen LogP contribution >= 0.6 is 11.6 Å². The van der Waals surface area contributed by atoms with Crippen LogP contribution in [0.15, 0.2) is 52.2 Å². The quantitative estimate of drug-likeness (QED) is 0.250. The minimum atomic E-state index is -1.47. The van der Waals surface area contributed by atoms with E-state index < -0.39 is 34.8 Å². The van der Waals surface area contributed by atoms with Crippen LogP contribution in [0.2, 0.25) is 5.02 Å². The highest BCUT2D eigenvalue weighted by molar-refractivity contribution is 6.33. The number of H-pyrrole nitrogens is 1. The molecular weight excluding hydrogens is 571 g/mol. The van der Waals surface area contributed by atoms with Crippen LogP contribution in [0, 0.1) is 12.8 Å². The van der Waals surface area contributed by atoms with Crippen molar-refractivity contribution in [2.24, 2.45) is 11.7 Å². The summed E-state index contributed by atoms with van der Waals surface area (Å²) in [6.45, 7) is 7.42. The van der Waals surface area contributed by atoms with Crippen molar-refractivity contribution in [1.29, 1.82) is 0 Å². The molecule has 5 rings (SSSR count). The number of nitrogens with zero attached hydrogens (tertiary/aromatic N) is 2. The molecule has 0 aliphatic heterocycles. The molecule has 0 spiro atoms. The number of hydrogen-bond donors (Lipinski definition) is 3. The van der Waals surface area contributed by atoms with Gasteiger partial charge in [0.2, 0.25) is 5.91 Å². The Kier molecular flexibility index (Phi) is 8.42. The molecule has 3 heterocycles. The summed E-state index contributed by atoms with van der Waals surface area (Å²) >= 11 is 6.26. The van der Waals surface area contributed by atoms with E-state index in [1.165, 1.54) is 10.5 Å². The van der Waals surface area contributed by atoms with Gasteiger partial charge in [-0.1, -0.05) is 30.7 Å². The second-order valence-corrected chi connectivity index (χ2v) is 12.5. The van der Waals surface area contributed by atoms with Crippen LogP contribution in [-0.4, -0.2) is 36.7 Å². The Morgan fingerprint density at radius 1 is 1.26 bits per heavy atom. The van der Waals surface area contributed by atoms with Gasteiger partial charge < -0.3 is 15.8 Å². The van der Waals surface area contributed by atoms with E-state index in [-0.39, 0.29) is 23.8 Å². The van der Waals surface area contributed by atoms with E-state index in [1.807, 2.05) is 26.8 Å². The van der Waals surface area contributed by atoms with Crippen LogP contribution in [0.3, 0.4) is 0 Å². The zero-order valence-electron chi connectivity index (χ0n) is 24.9. The Morgan fingerprint density at radius 3 is 2.67 bits per heavy atom. The predicted octanol–water partition coefficient (Wildman–Crippen LogP) is 4.91. The molecule has 2 unspecified atom stereocenters. The van der Waals surface area contributed by atoms with E-state index in [9.17, 15) is 19.5 Å². The molecule has 0 fully saturated rings. The lowest BCUT2D eigenvalue weighted by atomic mass is 9.74. The molecule has 0 bridgehead atoms. The summed E-state index contributed by atoms with van der Waals surface area (Å²) in [5.41, 5.74) is 9.05. The number of aromatic amines is 1. The van der Waals surface area contributed by atoms with Gasteiger partial charge >= 0.3 is 5.69 Å². The van der Waals surface area contributed by atoms with Gasteiger partial charge in [-0.25, -0.2) is 13.8 Å². The number of rotatable bonds is 9. The van der Waals surface area contributed by atoms with E-state index in [0.29, 0.717) is 41.6 Å². The van der Waals surface area contributed by atoms with Crippen molar-refractivity contribution in [1.82, 2.24) is 14.0 Å². The predicted molar refractivity (Wildman–Crippen MR) is 166 cm³/mol. The second kappa shape index (κ2) is 11.8. The maximum atomic E-state index is 16.5. The highest BCUT2D eigenvalue weighted by Crippen LogP contribution is 2.43. The molecular formula is C33H38ClFN4O4. The summed E-state index contributed by atoms with van der Waals surface area (Å²) in [6.07, 6.45) is 2.57. The first kappa shape index (κ1) is 30.8. The molecule has 3 aromatic heterocycles. The number of nitrogens with two attached hydrogens (primary N) is 1. The minimum Gasteiger partial charge on any atom is -0.390 e. The molecule has 1 aliphatic carbocycles. The van der Waals surface area contributed by atoms with Crippen molar-refractivity contribution in [2.75, 3.05) is 0 Å². The number of halogens is 2. The zero-order valence-corrected chi connectivity index (χ0v) is 25.7. The SMILES string of the molecule is CCc1[nH]c2c(c1C(c1cccc(-n3c(=O)cc4c(Cl)cccn4c3=O)c1C)C(F)CCC(N)=O)CC[C@H](C(C)(C)O)C2. The van der Waals surface area contributed by atoms with Crippen molar-refractivity contribution < 1.29 is 14.3 Å². The highest BCUT2D eigenvalue weighted by Gasteiger charge is 2.37. The molecule has 1 amide bonds. The third-order valence-corrected chi connectivity index (χ3v) is 9.30. The topological polar surface area (TPSA) is 123 Å². The molecule has 8 nitrogen and oxygen atoms in total. The fourth-order valence-corrected chi connectivity index (χ4v) is 6.87. The standard InChI is InChI=1S/C33H38ClFN4O4/c1-5-24-31(21-12-11-19(33(3,4)43)16-25(21)37-24)30(23(35)13-14-28(36)40)20-8-6-10-26(18(20)2)39-29(41)17-27-22(34)9-7-15-38(27)32(39)42/h6-10,15,17,19,23,30,37,43H,5,11-14,16H2,1-4H3,(H2,36,40)/t19-,23?,30?/m0/s1. The highest BCUT2D eigenvalue weighted by atomic mass is 35.5. The van der Waals surface area contributed by atoms with Crippen LogP contribution in [0.4, 0.5) is 4.39 Å². The van der Waals surface area contributed by atoms with Crippen LogP contribution in [-0.2, 0) is 24.1 Å². The van der Waals surface area contributed by atoms with Crippen LogP contribution < -0.4 is 17.0 Å². The van der Waals surface area contributed by atoms with E-state index >= 15 is 4.39 Å². The van der Waals surface area contributed by atoms with Crippen LogP contribution in [0.5, 0.6) is 0 Å². The molecule has 1 aliphatic rings. The third kappa shape index (κ3) is 5.68. The number of aliphatic hydroxyl groups is 1. The molecule has 0 saturated heterocycles. The fourth-order valence-electron chi connectivity index (χ4n) is 6.66. The van der Waals surface area contributed by atoms with Gasteiger partial charge in [-0.15, -0.1) is 0 Å². The maximum Gasteiger partial charge on any atom is 0.340 e. The van der Waals surface area contributed by atoms with Gasteiger partial charge in [-0.2, -0.15) is 0 Å². The number of nitrogens with one attached hydrogen (secondary N) is 1. The molecule has 0 radical (unpaired) electrons. The number of aryl methyl sites for hydroxylation is 1. The number of amides is 1. The first-order chi connectivity index (χ1) is 20.3. The number of hydrogen-bond acceptors (Lipinski definition) is 4. The molecule has 4 aromatic rings. The van der Waals surface area contributed by atoms with Gasteiger partial charge in [-0.3, -0.25) is 14.0 Å². The van der Waals surface area contributed by atoms with Crippen molar-refractivity contribution in [2.45, 2.75) is 83.9 Å². The van der Waals surface area contributed by atoms with E-state index in [1.54, 1.807) is 37.4 Å². The van der Waals surface area contributed by atoms with Gasteiger partial charge in [0.15, 0.2) is 0 Å². The van der Waals surface area contributed by atoms with E-state index in [0.717, 1.165) is 33.5 Å². The molecule has 0 saturated carbocycles. The van der Waals surface area contributed by atoms with Gasteiger partial charge in [0, 0.05) is 36.0 Å². The number of benzene rings is 1. The number of carbonyl (C=O) groups is 1. The molecule has 3 atom stereocenters. The largest absolute Gasteiger partial charge is 0.390 e. The number of primary amides is 1. The monoisotopic (exact) mass is 608 g/mol. The van der Waals surface area contributed by atoms with Gasteiger partial charge in [0.25, 0.3) is 5.56 Å². The Morgan fingerprint density at radius 2 is 2.00 bits per heavy atom. The number of pyridine rings is 1. The van der Waals surface area contributed by atoms with Crippen LogP contribution in [0.25, 0.3) is 11.2 Å². The minimum absolute atomic E-state index is 0.0528. The normalized spacial score (nSPS) is 16.7. The van der Waals surface area contributed by atoms with Crippen molar-refractivity contribution in [3.8, 4) is 5.69 Å². The first-order valence-corrected chi connectivity index (χ1v) is 15.1. The lowest BCUT2D eigenvalue weighted by molar-refractivity contribution is -0.118. The summed E-state index contributed by atoms with van der Waals surface area (Å²) in [5, 5.41) is 11.0. The summed E-state index contributed by atoms with van der Waals surface area (Å²) < 4.78 is 18.9. The lowest BCUT2D eigenvalue weighted by Gasteiger charge is -2.33. The Hall–Kier alpha value is -3.69. The van der Waals surface area contributed by atoms with Gasteiger partial charge in [-0.05, 0) is 99.2 Å². The number of fused-ring (bicyclic) bond motifs is 2. The first-order valence-electron chi connectivity index (χ1n) is 14.7. The van der Waals surface area contributed by atoms with E-state index in [2.05, 4.69) is 4.98 Å². The summed E-state index contributed by atoms with van der Waals surface area (Å²) in [4.78, 5) is 42.2. The van der Waals surface area contributed by atoms with E-state index in [4.69, 9.17) is 17.3 Å². The number of carbonyl (C=O) groups excluding carboxylic acids is 1. The maximum absolute atomic E-state index is 16.5. The summed E-state index contributed by atoms with van der Waals surface area (Å²) in [5.74, 6) is -1.31. The average molecular weight is 609 g/mol. The molecule has 228 valence electrons. The Balaban J connectivity index is 1.71. The van der Waals surface area contributed by atoms with Crippen molar-refractivity contribution in [3.05, 3.63) is 102 Å². The fraction of sp³-hybridized carbons (Fsp3) is 0.424. The molecule has 1 aromatic carbocycles. The lowest BCUT2D eigenvalue weighted by Crippen LogP contribution is -2.36. The van der Waals surface area contributed by atoms with Crippen molar-refractivity contribution >= 4 is 23.0 Å². The summed E-state index contributed by atoms with van der Waals surface area (Å²) in [6, 6.07) is 9.77. The van der Waals surface area contributed by atoms with Gasteiger partial charge in [0.05, 0.1) is 21.8 Å². The average Bonchev–Trinajstić information content (AvgIpc) is 3.31. The Labute approximate surface area is 254 Å². The summed E-state index contributed by atoms with van der Waals surface area (Å²) in [7, 11) is 0. The molecule has 10 heteroatoms. The van der Waals surface area contributed by atoms with Gasteiger partial charge in [0.1, 0.15) is 6.17 Å². The zero-order chi connectivity index (χ0) is 31.2. The Bertz CT molecular complexity index is 1820. The molecule has 43 heavy (non-hydrogen) atoms. The smallest absolute Gasteiger partial charge is 0.340 e. The third-order valence-electron chi connectivity index (χ3n) is 8.98. The van der Waals surface area contributed by atoms with Crippen LogP contribution in [0.1, 0.15) is 79.6 Å². The van der Waals surface area contributed by atoms with Crippen molar-refractivity contribution in [3.63, 3.8) is 0 Å². The molecule has 4 N–H and O–H groups in total. The number of alkyl halides is 1. The second-order valence-electron chi connectivity index (χ2n) is 12.1.